The number of amides is 1. The maximum atomic E-state index is 12.0. The summed E-state index contributed by atoms with van der Waals surface area (Å²) >= 11 is 3.50. The van der Waals surface area contributed by atoms with Crippen molar-refractivity contribution in [2.75, 3.05) is 5.32 Å². The molecule has 26 heavy (non-hydrogen) atoms. The van der Waals surface area contributed by atoms with Crippen molar-refractivity contribution < 1.29 is 13.6 Å². The van der Waals surface area contributed by atoms with Gasteiger partial charge in [-0.15, -0.1) is 0 Å². The summed E-state index contributed by atoms with van der Waals surface area (Å²) in [5.74, 6) is 0.883. The van der Waals surface area contributed by atoms with E-state index in [1.807, 2.05) is 24.3 Å². The van der Waals surface area contributed by atoms with Gasteiger partial charge in [0.1, 0.15) is 11.3 Å². The minimum Gasteiger partial charge on any atom is -0.465 e. The van der Waals surface area contributed by atoms with Crippen molar-refractivity contribution in [2.45, 2.75) is 0 Å². The highest BCUT2D eigenvalue weighted by atomic mass is 79.9. The summed E-state index contributed by atoms with van der Waals surface area (Å²) in [4.78, 5) is 16.5. The van der Waals surface area contributed by atoms with Crippen molar-refractivity contribution in [1.29, 1.82) is 0 Å². The number of anilines is 1. The number of benzene rings is 2. The molecule has 0 aliphatic carbocycles. The lowest BCUT2D eigenvalue weighted by atomic mass is 10.2. The van der Waals surface area contributed by atoms with Crippen LogP contribution in [0.5, 0.6) is 0 Å². The molecule has 2 aromatic carbocycles. The number of carbonyl (C=O) groups excluding carboxylic acids is 1. The van der Waals surface area contributed by atoms with E-state index < -0.39 is 0 Å². The molecule has 2 aromatic heterocycles. The molecule has 0 spiro atoms. The van der Waals surface area contributed by atoms with Crippen LogP contribution in [0.25, 0.3) is 28.6 Å². The summed E-state index contributed by atoms with van der Waals surface area (Å²) in [6, 6.07) is 16.6. The molecule has 1 N–H and O–H groups in total. The summed E-state index contributed by atoms with van der Waals surface area (Å²) < 4.78 is 11.9. The number of fused-ring (bicyclic) bond motifs is 1. The average molecular weight is 409 g/mol. The fraction of sp³-hybridized carbons (Fsp3) is 0. The topological polar surface area (TPSA) is 68.3 Å². The average Bonchev–Trinajstić information content (AvgIpc) is 3.29. The van der Waals surface area contributed by atoms with Crippen LogP contribution in [0.2, 0.25) is 0 Å². The van der Waals surface area contributed by atoms with Crippen LogP contribution in [-0.2, 0) is 4.79 Å². The number of aromatic nitrogens is 1. The third-order valence-electron chi connectivity index (χ3n) is 3.70. The highest BCUT2D eigenvalue weighted by Crippen LogP contribution is 2.30. The number of furan rings is 1. The second-order valence-electron chi connectivity index (χ2n) is 5.52. The van der Waals surface area contributed by atoms with Gasteiger partial charge in [-0.2, -0.15) is 0 Å². The molecule has 4 rings (SSSR count). The summed E-state index contributed by atoms with van der Waals surface area (Å²) in [6.07, 6.45) is 4.58. The number of carbonyl (C=O) groups is 1. The molecule has 0 saturated carbocycles. The first-order valence-electron chi connectivity index (χ1n) is 7.87. The van der Waals surface area contributed by atoms with Gasteiger partial charge in [-0.1, -0.05) is 12.1 Å². The molecule has 0 saturated heterocycles. The first kappa shape index (κ1) is 16.4. The molecule has 128 valence electrons. The Bertz CT molecular complexity index is 1100. The van der Waals surface area contributed by atoms with Crippen LogP contribution in [0.3, 0.4) is 0 Å². The van der Waals surface area contributed by atoms with Crippen LogP contribution in [0.4, 0.5) is 5.69 Å². The fourth-order valence-corrected chi connectivity index (χ4v) is 2.94. The molecule has 0 aliphatic heterocycles. The molecule has 0 bridgehead atoms. The molecule has 0 unspecified atom stereocenters. The van der Waals surface area contributed by atoms with Crippen LogP contribution >= 0.6 is 15.9 Å². The Hall–Kier alpha value is -3.12. The smallest absolute Gasteiger partial charge is 0.248 e. The zero-order valence-electron chi connectivity index (χ0n) is 13.5. The molecule has 4 aromatic rings. The third-order valence-corrected chi connectivity index (χ3v) is 4.39. The van der Waals surface area contributed by atoms with E-state index in [9.17, 15) is 4.79 Å². The second-order valence-corrected chi connectivity index (χ2v) is 6.37. The van der Waals surface area contributed by atoms with Gasteiger partial charge in [0.05, 0.1) is 11.8 Å². The van der Waals surface area contributed by atoms with Crippen molar-refractivity contribution in [2.24, 2.45) is 0 Å². The molecular weight excluding hydrogens is 396 g/mol. The van der Waals surface area contributed by atoms with Crippen molar-refractivity contribution in [3.63, 3.8) is 0 Å². The first-order valence-corrected chi connectivity index (χ1v) is 8.66. The summed E-state index contributed by atoms with van der Waals surface area (Å²) in [5, 5.41) is 2.80. The van der Waals surface area contributed by atoms with Crippen molar-refractivity contribution in [3.8, 4) is 11.5 Å². The lowest BCUT2D eigenvalue weighted by molar-refractivity contribution is -0.111. The van der Waals surface area contributed by atoms with Crippen LogP contribution in [0.15, 0.2) is 80.2 Å². The normalized spacial score (nSPS) is 11.3. The largest absolute Gasteiger partial charge is 0.465 e. The van der Waals surface area contributed by atoms with E-state index in [0.29, 0.717) is 28.4 Å². The standard InChI is InChI=1S/C20H13BrN2O3/c21-16-6-2-1-5-15(16)20-23-17-12-13(7-9-18(17)26-20)22-19(24)10-8-14-4-3-11-25-14/h1-12H,(H,22,24)/b10-8-. The van der Waals surface area contributed by atoms with Gasteiger partial charge in [0, 0.05) is 16.2 Å². The van der Waals surface area contributed by atoms with Gasteiger partial charge in [-0.3, -0.25) is 4.79 Å². The Morgan fingerprint density at radius 2 is 2.00 bits per heavy atom. The van der Waals surface area contributed by atoms with E-state index >= 15 is 0 Å². The number of hydrogen-bond donors (Lipinski definition) is 1. The lowest BCUT2D eigenvalue weighted by Crippen LogP contribution is -2.07. The van der Waals surface area contributed by atoms with E-state index in [4.69, 9.17) is 8.83 Å². The number of nitrogens with one attached hydrogen (secondary N) is 1. The number of rotatable bonds is 4. The van der Waals surface area contributed by atoms with Gasteiger partial charge in [0.25, 0.3) is 0 Å². The molecule has 0 fully saturated rings. The van der Waals surface area contributed by atoms with E-state index in [-0.39, 0.29) is 5.91 Å². The van der Waals surface area contributed by atoms with E-state index in [1.165, 1.54) is 6.08 Å². The third kappa shape index (κ3) is 3.45. The summed E-state index contributed by atoms with van der Waals surface area (Å²) in [6.45, 7) is 0. The molecule has 1 amide bonds. The second kappa shape index (κ2) is 7.01. The lowest BCUT2D eigenvalue weighted by Gasteiger charge is -2.00. The Morgan fingerprint density at radius 3 is 2.81 bits per heavy atom. The maximum Gasteiger partial charge on any atom is 0.248 e. The highest BCUT2D eigenvalue weighted by Gasteiger charge is 2.11. The van der Waals surface area contributed by atoms with Gasteiger partial charge < -0.3 is 14.2 Å². The van der Waals surface area contributed by atoms with Gasteiger partial charge in [-0.05, 0) is 64.5 Å². The monoisotopic (exact) mass is 408 g/mol. The van der Waals surface area contributed by atoms with Crippen LogP contribution < -0.4 is 5.32 Å². The predicted molar refractivity (Wildman–Crippen MR) is 104 cm³/mol. The minimum atomic E-state index is -0.254. The van der Waals surface area contributed by atoms with Gasteiger partial charge in [0.15, 0.2) is 5.58 Å². The van der Waals surface area contributed by atoms with Gasteiger partial charge in [-0.25, -0.2) is 4.98 Å². The van der Waals surface area contributed by atoms with E-state index in [0.717, 1.165) is 10.0 Å². The molecule has 6 heteroatoms. The molecule has 2 heterocycles. The molecule has 0 atom stereocenters. The fourth-order valence-electron chi connectivity index (χ4n) is 2.48. The van der Waals surface area contributed by atoms with Crippen LogP contribution in [0, 0.1) is 0 Å². The Labute approximate surface area is 157 Å². The number of halogens is 1. The molecule has 0 radical (unpaired) electrons. The number of nitrogens with zero attached hydrogens (tertiary/aromatic N) is 1. The molecule has 5 nitrogen and oxygen atoms in total. The SMILES string of the molecule is O=C(/C=C\c1ccco1)Nc1ccc2oc(-c3ccccc3Br)nc2c1. The van der Waals surface area contributed by atoms with E-state index in [1.54, 1.807) is 42.7 Å². The van der Waals surface area contributed by atoms with Crippen LogP contribution in [0.1, 0.15) is 5.76 Å². The Kier molecular flexibility index (Phi) is 4.41. The zero-order valence-corrected chi connectivity index (χ0v) is 15.1. The zero-order chi connectivity index (χ0) is 17.9. The molecule has 0 aliphatic rings. The molecular formula is C20H13BrN2O3. The van der Waals surface area contributed by atoms with Crippen molar-refractivity contribution in [1.82, 2.24) is 4.98 Å². The van der Waals surface area contributed by atoms with Gasteiger partial charge in [0.2, 0.25) is 11.8 Å². The number of oxazole rings is 1. The van der Waals surface area contributed by atoms with E-state index in [2.05, 4.69) is 26.2 Å². The predicted octanol–water partition coefficient (Wildman–Crippen LogP) is 5.50. The van der Waals surface area contributed by atoms with Crippen molar-refractivity contribution >= 4 is 44.7 Å². The van der Waals surface area contributed by atoms with Crippen molar-refractivity contribution in [3.05, 3.63) is 77.2 Å². The Balaban J connectivity index is 1.56. The summed E-state index contributed by atoms with van der Waals surface area (Å²) in [5.41, 5.74) is 2.83. The highest BCUT2D eigenvalue weighted by molar-refractivity contribution is 9.10. The van der Waals surface area contributed by atoms with Gasteiger partial charge >= 0.3 is 0 Å². The Morgan fingerprint density at radius 1 is 1.12 bits per heavy atom. The maximum absolute atomic E-state index is 12.0. The van der Waals surface area contributed by atoms with Crippen LogP contribution in [-0.4, -0.2) is 10.9 Å². The summed E-state index contributed by atoms with van der Waals surface area (Å²) in [7, 11) is 0. The quantitative estimate of drug-likeness (QED) is 0.452. The first-order chi connectivity index (χ1) is 12.7. The minimum absolute atomic E-state index is 0.254. The number of hydrogen-bond acceptors (Lipinski definition) is 4.